The van der Waals surface area contributed by atoms with Gasteiger partial charge in [0, 0.05) is 31.1 Å². The highest BCUT2D eigenvalue weighted by atomic mass is 16.5. The van der Waals surface area contributed by atoms with Crippen molar-refractivity contribution < 1.29 is 14.3 Å². The van der Waals surface area contributed by atoms with E-state index in [-0.39, 0.29) is 17.9 Å². The number of methoxy groups -OCH3 is 1. The minimum Gasteiger partial charge on any atom is -0.497 e. The van der Waals surface area contributed by atoms with Gasteiger partial charge in [-0.25, -0.2) is 0 Å². The largest absolute Gasteiger partial charge is 0.497 e. The van der Waals surface area contributed by atoms with Crippen LogP contribution in [0.5, 0.6) is 5.75 Å². The number of amides is 2. The number of rotatable bonds is 5. The maximum atomic E-state index is 12.5. The third kappa shape index (κ3) is 4.98. The van der Waals surface area contributed by atoms with E-state index in [9.17, 15) is 9.59 Å². The van der Waals surface area contributed by atoms with E-state index in [1.807, 2.05) is 18.7 Å². The van der Waals surface area contributed by atoms with Crippen molar-refractivity contribution in [1.29, 1.82) is 0 Å². The highest BCUT2D eigenvalue weighted by molar-refractivity contribution is 5.94. The second-order valence-electron chi connectivity index (χ2n) is 6.46. The highest BCUT2D eigenvalue weighted by Gasteiger charge is 2.24. The van der Waals surface area contributed by atoms with Crippen molar-refractivity contribution in [3.63, 3.8) is 0 Å². The van der Waals surface area contributed by atoms with Crippen molar-refractivity contribution >= 4 is 11.8 Å². The number of hydrogen-bond acceptors (Lipinski definition) is 3. The fraction of sp³-hybridized carbons (Fsp3) is 0.556. The molecule has 0 aromatic heterocycles. The molecule has 0 bridgehead atoms. The molecule has 0 aliphatic carbocycles. The summed E-state index contributed by atoms with van der Waals surface area (Å²) in [6, 6.07) is 7.36. The second-order valence-corrected chi connectivity index (χ2v) is 6.46. The molecule has 1 N–H and O–H groups in total. The van der Waals surface area contributed by atoms with E-state index in [1.165, 1.54) is 0 Å². The van der Waals surface area contributed by atoms with Crippen LogP contribution >= 0.6 is 0 Å². The summed E-state index contributed by atoms with van der Waals surface area (Å²) in [5.74, 6) is 1.26. The Bertz CT molecular complexity index is 532. The molecule has 0 radical (unpaired) electrons. The number of ether oxygens (including phenoxy) is 1. The summed E-state index contributed by atoms with van der Waals surface area (Å²) in [4.78, 5) is 26.1. The SMILES string of the molecule is COc1ccc(C(=O)N2CCC(NC(=O)CC(C)C)CC2)cc1. The lowest BCUT2D eigenvalue weighted by molar-refractivity contribution is -0.122. The molecule has 2 rings (SSSR count). The van der Waals surface area contributed by atoms with Crippen molar-refractivity contribution in [2.75, 3.05) is 20.2 Å². The Morgan fingerprint density at radius 3 is 2.35 bits per heavy atom. The molecule has 2 amide bonds. The summed E-state index contributed by atoms with van der Waals surface area (Å²) in [6.07, 6.45) is 2.18. The van der Waals surface area contributed by atoms with Gasteiger partial charge in [-0.2, -0.15) is 0 Å². The lowest BCUT2D eigenvalue weighted by Gasteiger charge is -2.32. The van der Waals surface area contributed by atoms with Crippen LogP contribution in [0.4, 0.5) is 0 Å². The predicted molar refractivity (Wildman–Crippen MR) is 89.5 cm³/mol. The average molecular weight is 318 g/mol. The first-order valence-electron chi connectivity index (χ1n) is 8.22. The number of benzene rings is 1. The maximum Gasteiger partial charge on any atom is 0.253 e. The van der Waals surface area contributed by atoms with Crippen molar-refractivity contribution in [3.05, 3.63) is 29.8 Å². The normalized spacial score (nSPS) is 15.6. The molecule has 1 aliphatic rings. The third-order valence-electron chi connectivity index (χ3n) is 4.08. The second kappa shape index (κ2) is 7.99. The Kier molecular flexibility index (Phi) is 6.02. The van der Waals surface area contributed by atoms with Crippen LogP contribution in [0, 0.1) is 5.92 Å². The molecule has 1 heterocycles. The Morgan fingerprint density at radius 2 is 1.83 bits per heavy atom. The van der Waals surface area contributed by atoms with Gasteiger partial charge >= 0.3 is 0 Å². The molecule has 5 nitrogen and oxygen atoms in total. The van der Waals surface area contributed by atoms with E-state index in [1.54, 1.807) is 31.4 Å². The fourth-order valence-corrected chi connectivity index (χ4v) is 2.80. The van der Waals surface area contributed by atoms with Crippen molar-refractivity contribution in [2.45, 2.75) is 39.2 Å². The summed E-state index contributed by atoms with van der Waals surface area (Å²) in [6.45, 7) is 5.43. The van der Waals surface area contributed by atoms with Crippen LogP contribution in [0.15, 0.2) is 24.3 Å². The molecular formula is C18H26N2O3. The molecule has 126 valence electrons. The zero-order valence-corrected chi connectivity index (χ0v) is 14.2. The Morgan fingerprint density at radius 1 is 1.22 bits per heavy atom. The Balaban J connectivity index is 1.83. The first kappa shape index (κ1) is 17.3. The first-order valence-corrected chi connectivity index (χ1v) is 8.22. The molecule has 1 aliphatic heterocycles. The van der Waals surface area contributed by atoms with Gasteiger partial charge in [-0.1, -0.05) is 13.8 Å². The molecule has 5 heteroatoms. The monoisotopic (exact) mass is 318 g/mol. The number of carbonyl (C=O) groups is 2. The van der Waals surface area contributed by atoms with Gasteiger partial charge in [-0.15, -0.1) is 0 Å². The van der Waals surface area contributed by atoms with Gasteiger partial charge in [0.15, 0.2) is 0 Å². The smallest absolute Gasteiger partial charge is 0.253 e. The van der Waals surface area contributed by atoms with Crippen molar-refractivity contribution in [2.24, 2.45) is 5.92 Å². The number of carbonyl (C=O) groups excluding carboxylic acids is 2. The van der Waals surface area contributed by atoms with Crippen LogP contribution in [0.2, 0.25) is 0 Å². The van der Waals surface area contributed by atoms with Gasteiger partial charge < -0.3 is 15.0 Å². The number of piperidine rings is 1. The van der Waals surface area contributed by atoms with Crippen LogP contribution in [-0.4, -0.2) is 43.0 Å². The van der Waals surface area contributed by atoms with Crippen LogP contribution in [0.3, 0.4) is 0 Å². The summed E-state index contributed by atoms with van der Waals surface area (Å²) < 4.78 is 5.11. The number of hydrogen-bond donors (Lipinski definition) is 1. The highest BCUT2D eigenvalue weighted by Crippen LogP contribution is 2.17. The molecule has 0 unspecified atom stereocenters. The first-order chi connectivity index (χ1) is 11.0. The topological polar surface area (TPSA) is 58.6 Å². The van der Waals surface area contributed by atoms with Gasteiger partial charge in [0.1, 0.15) is 5.75 Å². The van der Waals surface area contributed by atoms with Gasteiger partial charge in [-0.3, -0.25) is 9.59 Å². The number of nitrogens with one attached hydrogen (secondary N) is 1. The van der Waals surface area contributed by atoms with E-state index < -0.39 is 0 Å². The fourth-order valence-electron chi connectivity index (χ4n) is 2.80. The van der Waals surface area contributed by atoms with Gasteiger partial charge in [0.2, 0.25) is 5.91 Å². The predicted octanol–water partition coefficient (Wildman–Crippen LogP) is 2.46. The lowest BCUT2D eigenvalue weighted by Crippen LogP contribution is -2.46. The minimum absolute atomic E-state index is 0.0413. The van der Waals surface area contributed by atoms with E-state index >= 15 is 0 Å². The van der Waals surface area contributed by atoms with Crippen LogP contribution < -0.4 is 10.1 Å². The van der Waals surface area contributed by atoms with Crippen molar-refractivity contribution in [1.82, 2.24) is 10.2 Å². The van der Waals surface area contributed by atoms with Gasteiger partial charge in [-0.05, 0) is 43.0 Å². The Hall–Kier alpha value is -2.04. The van der Waals surface area contributed by atoms with Gasteiger partial charge in [0.05, 0.1) is 7.11 Å². The van der Waals surface area contributed by atoms with E-state index in [0.717, 1.165) is 18.6 Å². The van der Waals surface area contributed by atoms with Crippen molar-refractivity contribution in [3.8, 4) is 5.75 Å². The molecule has 1 aromatic carbocycles. The standard InChI is InChI=1S/C18H26N2O3/c1-13(2)12-17(21)19-15-8-10-20(11-9-15)18(22)14-4-6-16(23-3)7-5-14/h4-7,13,15H,8-12H2,1-3H3,(H,19,21). The molecule has 1 aromatic rings. The number of nitrogens with zero attached hydrogens (tertiary/aromatic N) is 1. The van der Waals surface area contributed by atoms with E-state index in [4.69, 9.17) is 4.74 Å². The lowest BCUT2D eigenvalue weighted by atomic mass is 10.0. The molecule has 23 heavy (non-hydrogen) atoms. The molecule has 0 atom stereocenters. The zero-order valence-electron chi connectivity index (χ0n) is 14.2. The molecular weight excluding hydrogens is 292 g/mol. The quantitative estimate of drug-likeness (QED) is 0.907. The van der Waals surface area contributed by atoms with Crippen LogP contribution in [0.1, 0.15) is 43.5 Å². The summed E-state index contributed by atoms with van der Waals surface area (Å²) in [7, 11) is 1.61. The van der Waals surface area contributed by atoms with Gasteiger partial charge in [0.25, 0.3) is 5.91 Å². The van der Waals surface area contributed by atoms with E-state index in [2.05, 4.69) is 5.32 Å². The van der Waals surface area contributed by atoms with Crippen LogP contribution in [0.25, 0.3) is 0 Å². The average Bonchev–Trinajstić information content (AvgIpc) is 2.54. The maximum absolute atomic E-state index is 12.5. The number of likely N-dealkylation sites (tertiary alicyclic amines) is 1. The molecule has 1 saturated heterocycles. The third-order valence-corrected chi connectivity index (χ3v) is 4.08. The molecule has 0 saturated carbocycles. The van der Waals surface area contributed by atoms with E-state index in [0.29, 0.717) is 31.0 Å². The minimum atomic E-state index is 0.0413. The Labute approximate surface area is 138 Å². The molecule has 1 fully saturated rings. The van der Waals surface area contributed by atoms with Crippen LogP contribution in [-0.2, 0) is 4.79 Å². The summed E-state index contributed by atoms with van der Waals surface area (Å²) in [5, 5.41) is 3.07. The zero-order chi connectivity index (χ0) is 16.8. The summed E-state index contributed by atoms with van der Waals surface area (Å²) >= 11 is 0. The summed E-state index contributed by atoms with van der Waals surface area (Å²) in [5.41, 5.74) is 0.674. The molecule has 0 spiro atoms.